The van der Waals surface area contributed by atoms with Gasteiger partial charge in [-0.25, -0.2) is 8.42 Å². The molecule has 2 rings (SSSR count). The summed E-state index contributed by atoms with van der Waals surface area (Å²) in [5.74, 6) is 0.181. The van der Waals surface area contributed by atoms with Gasteiger partial charge in [-0.15, -0.1) is 0 Å². The van der Waals surface area contributed by atoms with Crippen molar-refractivity contribution in [2.75, 3.05) is 48.6 Å². The molecule has 1 heterocycles. The van der Waals surface area contributed by atoms with Gasteiger partial charge in [0.25, 0.3) is 0 Å². The van der Waals surface area contributed by atoms with Crippen molar-refractivity contribution in [3.63, 3.8) is 0 Å². The summed E-state index contributed by atoms with van der Waals surface area (Å²) in [5.41, 5.74) is 1.67. The zero-order valence-corrected chi connectivity index (χ0v) is 13.7. The van der Waals surface area contributed by atoms with E-state index in [9.17, 15) is 8.42 Å². The molecule has 1 aromatic rings. The first-order chi connectivity index (χ1) is 10.0. The summed E-state index contributed by atoms with van der Waals surface area (Å²) < 4.78 is 27.0. The molecule has 6 heteroatoms. The van der Waals surface area contributed by atoms with E-state index in [4.69, 9.17) is 0 Å². The second-order valence-corrected chi connectivity index (χ2v) is 7.42. The Morgan fingerprint density at radius 1 is 1.14 bits per heavy atom. The third kappa shape index (κ3) is 4.61. The molecule has 0 saturated carbocycles. The van der Waals surface area contributed by atoms with E-state index in [-0.39, 0.29) is 5.75 Å². The molecule has 0 bridgehead atoms. The molecule has 21 heavy (non-hydrogen) atoms. The maximum atomic E-state index is 12.1. The molecule has 0 amide bonds. The largest absolute Gasteiger partial charge is 0.367 e. The second kappa shape index (κ2) is 7.13. The van der Waals surface area contributed by atoms with Crippen molar-refractivity contribution >= 4 is 21.4 Å². The first-order valence-electron chi connectivity index (χ1n) is 7.55. The normalized spacial score (nSPS) is 17.0. The van der Waals surface area contributed by atoms with Crippen LogP contribution in [-0.4, -0.2) is 52.3 Å². The molecule has 1 aromatic carbocycles. The highest BCUT2D eigenvalue weighted by molar-refractivity contribution is 7.92. The highest BCUT2D eigenvalue weighted by Crippen LogP contribution is 2.27. The van der Waals surface area contributed by atoms with E-state index in [1.807, 2.05) is 31.2 Å². The first kappa shape index (κ1) is 16.1. The van der Waals surface area contributed by atoms with Crippen LogP contribution in [0.5, 0.6) is 0 Å². The van der Waals surface area contributed by atoms with Gasteiger partial charge in [0.2, 0.25) is 10.0 Å². The topological polar surface area (TPSA) is 52.7 Å². The fourth-order valence-electron chi connectivity index (χ4n) is 2.44. The fourth-order valence-corrected chi connectivity index (χ4v) is 3.71. The zero-order chi connectivity index (χ0) is 15.3. The molecule has 0 aromatic heterocycles. The van der Waals surface area contributed by atoms with Crippen molar-refractivity contribution in [1.29, 1.82) is 0 Å². The number of para-hydroxylation sites is 2. The van der Waals surface area contributed by atoms with Crippen molar-refractivity contribution in [2.45, 2.75) is 19.8 Å². The van der Waals surface area contributed by atoms with Crippen LogP contribution in [-0.2, 0) is 10.0 Å². The van der Waals surface area contributed by atoms with Crippen molar-refractivity contribution in [1.82, 2.24) is 4.90 Å². The monoisotopic (exact) mass is 311 g/mol. The molecule has 1 aliphatic rings. The van der Waals surface area contributed by atoms with Crippen LogP contribution >= 0.6 is 0 Å². The maximum absolute atomic E-state index is 12.1. The lowest BCUT2D eigenvalue weighted by atomic mass is 10.2. The maximum Gasteiger partial charge on any atom is 0.232 e. The van der Waals surface area contributed by atoms with Crippen LogP contribution in [0.15, 0.2) is 24.3 Å². The van der Waals surface area contributed by atoms with E-state index in [0.29, 0.717) is 12.1 Å². The molecular formula is C15H25N3O2S. The Balaban J connectivity index is 2.13. The number of sulfonamides is 1. The molecule has 0 radical (unpaired) electrons. The van der Waals surface area contributed by atoms with E-state index in [1.54, 1.807) is 0 Å². The summed E-state index contributed by atoms with van der Waals surface area (Å²) >= 11 is 0. The Morgan fingerprint density at radius 3 is 2.48 bits per heavy atom. The average molecular weight is 311 g/mol. The van der Waals surface area contributed by atoms with Crippen molar-refractivity contribution < 1.29 is 8.42 Å². The molecule has 0 spiro atoms. The van der Waals surface area contributed by atoms with Crippen molar-refractivity contribution in [2.24, 2.45) is 0 Å². The number of nitrogens with one attached hydrogen (secondary N) is 1. The molecule has 1 fully saturated rings. The summed E-state index contributed by atoms with van der Waals surface area (Å²) in [7, 11) is -1.15. The third-order valence-electron chi connectivity index (χ3n) is 3.78. The molecule has 1 aliphatic heterocycles. The van der Waals surface area contributed by atoms with Crippen LogP contribution in [0, 0.1) is 0 Å². The molecule has 5 nitrogen and oxygen atoms in total. The molecular weight excluding hydrogens is 286 g/mol. The highest BCUT2D eigenvalue weighted by atomic mass is 32.2. The van der Waals surface area contributed by atoms with Gasteiger partial charge in [0.1, 0.15) is 0 Å². The number of piperazine rings is 1. The molecule has 1 N–H and O–H groups in total. The van der Waals surface area contributed by atoms with Crippen LogP contribution in [0.25, 0.3) is 0 Å². The Hall–Kier alpha value is -1.27. The smallest absolute Gasteiger partial charge is 0.232 e. The van der Waals surface area contributed by atoms with Gasteiger partial charge in [0.05, 0.1) is 17.1 Å². The average Bonchev–Trinajstić information content (AvgIpc) is 2.46. The summed E-state index contributed by atoms with van der Waals surface area (Å²) in [6.45, 7) is 5.83. The number of rotatable bonds is 6. The van der Waals surface area contributed by atoms with Crippen LogP contribution in [0.1, 0.15) is 19.8 Å². The third-order valence-corrected chi connectivity index (χ3v) is 5.14. The number of hydrogen-bond donors (Lipinski definition) is 1. The van der Waals surface area contributed by atoms with Gasteiger partial charge < -0.3 is 9.80 Å². The number of anilines is 2. The second-order valence-electron chi connectivity index (χ2n) is 5.58. The van der Waals surface area contributed by atoms with Gasteiger partial charge in [0, 0.05) is 26.2 Å². The number of benzene rings is 1. The van der Waals surface area contributed by atoms with Gasteiger partial charge in [-0.3, -0.25) is 4.72 Å². The Kier molecular flexibility index (Phi) is 5.47. The number of likely N-dealkylation sites (N-methyl/N-ethyl adjacent to an activating group) is 1. The zero-order valence-electron chi connectivity index (χ0n) is 12.9. The molecule has 0 aliphatic carbocycles. The SMILES string of the molecule is CCCCS(=O)(=O)Nc1ccccc1N1CCN(C)CC1. The number of unbranched alkanes of at least 4 members (excludes halogenated alkanes) is 1. The van der Waals surface area contributed by atoms with Crippen LogP contribution in [0.4, 0.5) is 11.4 Å². The van der Waals surface area contributed by atoms with Crippen molar-refractivity contribution in [3.8, 4) is 0 Å². The highest BCUT2D eigenvalue weighted by Gasteiger charge is 2.19. The van der Waals surface area contributed by atoms with Gasteiger partial charge in [-0.1, -0.05) is 25.5 Å². The lowest BCUT2D eigenvalue weighted by molar-refractivity contribution is 0.313. The van der Waals surface area contributed by atoms with Gasteiger partial charge in [-0.2, -0.15) is 0 Å². The van der Waals surface area contributed by atoms with E-state index < -0.39 is 10.0 Å². The van der Waals surface area contributed by atoms with Gasteiger partial charge in [0.15, 0.2) is 0 Å². The predicted octanol–water partition coefficient (Wildman–Crippen LogP) is 1.98. The Bertz CT molecular complexity index is 552. The lowest BCUT2D eigenvalue weighted by Gasteiger charge is -2.35. The van der Waals surface area contributed by atoms with Crippen LogP contribution in [0.3, 0.4) is 0 Å². The first-order valence-corrected chi connectivity index (χ1v) is 9.20. The molecule has 1 saturated heterocycles. The van der Waals surface area contributed by atoms with E-state index >= 15 is 0 Å². The van der Waals surface area contributed by atoms with Crippen LogP contribution in [0.2, 0.25) is 0 Å². The summed E-state index contributed by atoms with van der Waals surface area (Å²) in [6.07, 6.45) is 1.56. The minimum Gasteiger partial charge on any atom is -0.367 e. The minimum atomic E-state index is -3.26. The summed E-state index contributed by atoms with van der Waals surface area (Å²) in [5, 5.41) is 0. The van der Waals surface area contributed by atoms with E-state index in [1.165, 1.54) is 0 Å². The quantitative estimate of drug-likeness (QED) is 0.873. The number of nitrogens with zero attached hydrogens (tertiary/aromatic N) is 2. The van der Waals surface area contributed by atoms with E-state index in [2.05, 4.69) is 21.6 Å². The summed E-state index contributed by atoms with van der Waals surface area (Å²) in [6, 6.07) is 7.66. The molecule has 118 valence electrons. The minimum absolute atomic E-state index is 0.181. The Morgan fingerprint density at radius 2 is 1.81 bits per heavy atom. The molecule has 0 unspecified atom stereocenters. The van der Waals surface area contributed by atoms with Crippen LogP contribution < -0.4 is 9.62 Å². The Labute approximate surface area is 128 Å². The van der Waals surface area contributed by atoms with Gasteiger partial charge in [-0.05, 0) is 25.6 Å². The molecule has 0 atom stereocenters. The standard InChI is InChI=1S/C15H25N3O2S/c1-3-4-13-21(19,20)16-14-7-5-6-8-15(14)18-11-9-17(2)10-12-18/h5-8,16H,3-4,9-13H2,1-2H3. The number of hydrogen-bond acceptors (Lipinski definition) is 4. The lowest BCUT2D eigenvalue weighted by Crippen LogP contribution is -2.44. The fraction of sp³-hybridized carbons (Fsp3) is 0.600. The summed E-state index contributed by atoms with van der Waals surface area (Å²) in [4.78, 5) is 4.53. The van der Waals surface area contributed by atoms with Crippen molar-refractivity contribution in [3.05, 3.63) is 24.3 Å². The van der Waals surface area contributed by atoms with Gasteiger partial charge >= 0.3 is 0 Å². The van der Waals surface area contributed by atoms with E-state index in [0.717, 1.165) is 38.3 Å². The predicted molar refractivity (Wildman–Crippen MR) is 88.5 cm³/mol.